The molecule has 0 spiro atoms. The van der Waals surface area contributed by atoms with Crippen molar-refractivity contribution in [2.75, 3.05) is 18.8 Å². The van der Waals surface area contributed by atoms with Gasteiger partial charge in [-0.05, 0) is 31.1 Å². The Morgan fingerprint density at radius 1 is 1.44 bits per heavy atom. The second-order valence-electron chi connectivity index (χ2n) is 3.05. The Labute approximate surface area is 60.6 Å². The van der Waals surface area contributed by atoms with Crippen LogP contribution in [0.3, 0.4) is 0 Å². The number of hydrogen-bond acceptors (Lipinski definition) is 2. The molecule has 2 heteroatoms. The molecule has 2 heterocycles. The van der Waals surface area contributed by atoms with E-state index in [1.807, 2.05) is 0 Å². The molecule has 2 aliphatic heterocycles. The van der Waals surface area contributed by atoms with E-state index in [1.54, 1.807) is 0 Å². The molecule has 9 heavy (non-hydrogen) atoms. The first-order valence-electron chi connectivity index (χ1n) is 3.77. The Balaban J connectivity index is 1.99. The minimum absolute atomic E-state index is 0.956. The maximum Gasteiger partial charge on any atom is 0.0175 e. The topological polar surface area (TPSA) is 12.0 Å². The predicted molar refractivity (Wildman–Crippen MR) is 41.8 cm³/mol. The molecule has 2 rings (SSSR count). The molecule has 1 N–H and O–H groups in total. The molecule has 2 unspecified atom stereocenters. The summed E-state index contributed by atoms with van der Waals surface area (Å²) in [6.07, 6.45) is 2.90. The molecule has 2 bridgehead atoms. The average molecular weight is 143 g/mol. The van der Waals surface area contributed by atoms with E-state index in [1.165, 1.54) is 31.7 Å². The van der Waals surface area contributed by atoms with Crippen LogP contribution in [0.1, 0.15) is 12.8 Å². The highest BCUT2D eigenvalue weighted by Gasteiger charge is 2.26. The summed E-state index contributed by atoms with van der Waals surface area (Å²) in [6, 6.07) is 0. The Bertz CT molecular complexity index is 93.1. The molecule has 52 valence electrons. The quantitative estimate of drug-likeness (QED) is 0.545. The standard InChI is InChI=1S/C7H13NS/c1-2-8-4-7-3-6(1)5-9-7/h6-8H,1-5H2. The zero-order chi connectivity index (χ0) is 6.10. The van der Waals surface area contributed by atoms with Crippen molar-refractivity contribution in [3.63, 3.8) is 0 Å². The lowest BCUT2D eigenvalue weighted by Gasteiger charge is -2.07. The van der Waals surface area contributed by atoms with Crippen molar-refractivity contribution >= 4 is 11.8 Å². The smallest absolute Gasteiger partial charge is 0.0175 e. The van der Waals surface area contributed by atoms with Crippen molar-refractivity contribution < 1.29 is 0 Å². The molecular formula is C7H13NS. The molecule has 0 aromatic rings. The fourth-order valence-corrected chi connectivity index (χ4v) is 3.18. The van der Waals surface area contributed by atoms with E-state index >= 15 is 0 Å². The summed E-state index contributed by atoms with van der Waals surface area (Å²) < 4.78 is 0. The first-order valence-corrected chi connectivity index (χ1v) is 4.82. The molecule has 0 aromatic carbocycles. The van der Waals surface area contributed by atoms with Gasteiger partial charge < -0.3 is 5.32 Å². The third kappa shape index (κ3) is 1.24. The molecule has 0 saturated carbocycles. The van der Waals surface area contributed by atoms with Crippen LogP contribution in [0.2, 0.25) is 0 Å². The molecule has 0 aliphatic carbocycles. The second kappa shape index (κ2) is 2.51. The van der Waals surface area contributed by atoms with E-state index < -0.39 is 0 Å². The summed E-state index contributed by atoms with van der Waals surface area (Å²) in [5, 5.41) is 4.41. The van der Waals surface area contributed by atoms with Gasteiger partial charge in [0.25, 0.3) is 0 Å². The van der Waals surface area contributed by atoms with Gasteiger partial charge in [0.15, 0.2) is 0 Å². The van der Waals surface area contributed by atoms with E-state index in [0.717, 1.165) is 11.2 Å². The highest BCUT2D eigenvalue weighted by molar-refractivity contribution is 8.00. The van der Waals surface area contributed by atoms with Gasteiger partial charge in [-0.25, -0.2) is 0 Å². The van der Waals surface area contributed by atoms with Crippen LogP contribution in [-0.2, 0) is 0 Å². The van der Waals surface area contributed by atoms with Crippen molar-refractivity contribution in [1.82, 2.24) is 5.32 Å². The highest BCUT2D eigenvalue weighted by Crippen LogP contribution is 2.33. The third-order valence-electron chi connectivity index (χ3n) is 2.27. The summed E-state index contributed by atoms with van der Waals surface area (Å²) in [5.41, 5.74) is 0. The molecule has 2 atom stereocenters. The van der Waals surface area contributed by atoms with Gasteiger partial charge in [-0.3, -0.25) is 0 Å². The number of hydrogen-bond donors (Lipinski definition) is 1. The predicted octanol–water partition coefficient (Wildman–Crippen LogP) is 1.10. The van der Waals surface area contributed by atoms with Crippen molar-refractivity contribution in [1.29, 1.82) is 0 Å². The average Bonchev–Trinajstić information content (AvgIpc) is 2.09. The number of rotatable bonds is 0. The molecule has 1 nitrogen and oxygen atoms in total. The van der Waals surface area contributed by atoms with Crippen molar-refractivity contribution in [2.24, 2.45) is 5.92 Å². The summed E-state index contributed by atoms with van der Waals surface area (Å²) in [5.74, 6) is 2.49. The van der Waals surface area contributed by atoms with Crippen LogP contribution in [0.25, 0.3) is 0 Å². The largest absolute Gasteiger partial charge is 0.316 e. The van der Waals surface area contributed by atoms with Crippen molar-refractivity contribution in [3.8, 4) is 0 Å². The molecule has 0 aromatic heterocycles. The minimum Gasteiger partial charge on any atom is -0.316 e. The monoisotopic (exact) mass is 143 g/mol. The lowest BCUT2D eigenvalue weighted by Crippen LogP contribution is -2.22. The molecule has 2 saturated heterocycles. The maximum atomic E-state index is 3.46. The first-order chi connectivity index (χ1) is 4.45. The first kappa shape index (κ1) is 6.05. The zero-order valence-corrected chi connectivity index (χ0v) is 6.41. The fraction of sp³-hybridized carbons (Fsp3) is 1.00. The van der Waals surface area contributed by atoms with Crippen molar-refractivity contribution in [2.45, 2.75) is 18.1 Å². The van der Waals surface area contributed by atoms with E-state index in [4.69, 9.17) is 0 Å². The van der Waals surface area contributed by atoms with Gasteiger partial charge in [0.2, 0.25) is 0 Å². The van der Waals surface area contributed by atoms with Crippen LogP contribution in [0.15, 0.2) is 0 Å². The van der Waals surface area contributed by atoms with E-state index in [0.29, 0.717) is 0 Å². The van der Waals surface area contributed by atoms with Gasteiger partial charge in [0.1, 0.15) is 0 Å². The van der Waals surface area contributed by atoms with E-state index in [9.17, 15) is 0 Å². The van der Waals surface area contributed by atoms with E-state index in [-0.39, 0.29) is 0 Å². The zero-order valence-electron chi connectivity index (χ0n) is 5.60. The Hall–Kier alpha value is 0.310. The number of thioether (sulfide) groups is 1. The lowest BCUT2D eigenvalue weighted by molar-refractivity contribution is 0.551. The Kier molecular flexibility index (Phi) is 1.68. The summed E-state index contributed by atoms with van der Waals surface area (Å²) in [7, 11) is 0. The lowest BCUT2D eigenvalue weighted by atomic mass is 10.0. The summed E-state index contributed by atoms with van der Waals surface area (Å²) >= 11 is 2.16. The maximum absolute atomic E-state index is 3.46. The van der Waals surface area contributed by atoms with Gasteiger partial charge in [0, 0.05) is 11.8 Å². The molecule has 2 fully saturated rings. The normalized spacial score (nSPS) is 42.7. The second-order valence-corrected chi connectivity index (χ2v) is 4.38. The van der Waals surface area contributed by atoms with Gasteiger partial charge in [0.05, 0.1) is 0 Å². The van der Waals surface area contributed by atoms with Crippen LogP contribution < -0.4 is 5.32 Å². The summed E-state index contributed by atoms with van der Waals surface area (Å²) in [6.45, 7) is 2.53. The Morgan fingerprint density at radius 3 is 3.44 bits per heavy atom. The molecule has 0 amide bonds. The van der Waals surface area contributed by atoms with Crippen LogP contribution in [0.5, 0.6) is 0 Å². The summed E-state index contributed by atoms with van der Waals surface area (Å²) in [4.78, 5) is 0. The van der Waals surface area contributed by atoms with Gasteiger partial charge in [-0.2, -0.15) is 11.8 Å². The fourth-order valence-electron chi connectivity index (χ4n) is 1.69. The van der Waals surface area contributed by atoms with Crippen LogP contribution in [0, 0.1) is 5.92 Å². The molecule has 2 aliphatic rings. The number of nitrogens with one attached hydrogen (secondary N) is 1. The molecule has 0 radical (unpaired) electrons. The van der Waals surface area contributed by atoms with Crippen LogP contribution in [-0.4, -0.2) is 24.1 Å². The Morgan fingerprint density at radius 2 is 2.44 bits per heavy atom. The van der Waals surface area contributed by atoms with Crippen LogP contribution in [0.4, 0.5) is 0 Å². The van der Waals surface area contributed by atoms with Gasteiger partial charge in [-0.15, -0.1) is 0 Å². The van der Waals surface area contributed by atoms with Crippen molar-refractivity contribution in [3.05, 3.63) is 0 Å². The van der Waals surface area contributed by atoms with Gasteiger partial charge in [-0.1, -0.05) is 0 Å². The SMILES string of the molecule is C1CC2CSC(CN1)C2. The molecular weight excluding hydrogens is 130 g/mol. The van der Waals surface area contributed by atoms with E-state index in [2.05, 4.69) is 17.1 Å². The minimum atomic E-state index is 0.956. The highest BCUT2D eigenvalue weighted by atomic mass is 32.2. The van der Waals surface area contributed by atoms with Crippen LogP contribution >= 0.6 is 11.8 Å². The van der Waals surface area contributed by atoms with Gasteiger partial charge >= 0.3 is 0 Å². The number of fused-ring (bicyclic) bond motifs is 2. The third-order valence-corrected chi connectivity index (χ3v) is 3.76.